The van der Waals surface area contributed by atoms with Crippen molar-refractivity contribution in [2.24, 2.45) is 0 Å². The second-order valence-electron chi connectivity index (χ2n) is 11.9. The molecule has 0 unspecified atom stereocenters. The molecule has 0 spiro atoms. The monoisotopic (exact) mass is 670 g/mol. The van der Waals surface area contributed by atoms with E-state index >= 15 is 0 Å². The van der Waals surface area contributed by atoms with Crippen LogP contribution >= 0.6 is 34.8 Å². The molecule has 8 nitrogen and oxygen atoms in total. The predicted molar refractivity (Wildman–Crippen MR) is 178 cm³/mol. The zero-order chi connectivity index (χ0) is 31.5. The summed E-state index contributed by atoms with van der Waals surface area (Å²) in [5.41, 5.74) is 3.67. The number of piperazine rings is 1. The van der Waals surface area contributed by atoms with Crippen LogP contribution in [0.5, 0.6) is 11.5 Å². The van der Waals surface area contributed by atoms with Gasteiger partial charge >= 0.3 is 0 Å². The minimum atomic E-state index is -0.672. The van der Waals surface area contributed by atoms with Gasteiger partial charge in [-0.15, -0.1) is 0 Å². The average molecular weight is 672 g/mol. The summed E-state index contributed by atoms with van der Waals surface area (Å²) in [6.07, 6.45) is 4.33. The molecule has 1 saturated heterocycles. The SMILES string of the molecule is Cc1cc(Cl)c(OCCOc2ccc(N3C(=O)CNC[C@@H]3C(=O)N(Cc3cc(CNC4CC4)ccc3Cl)C3CC3)cc2)c(Cl)c1. The number of nitrogens with zero attached hydrogens (tertiary/aromatic N) is 2. The largest absolute Gasteiger partial charge is 0.490 e. The number of halogens is 3. The summed E-state index contributed by atoms with van der Waals surface area (Å²) in [7, 11) is 0. The number of anilines is 1. The number of benzene rings is 3. The summed E-state index contributed by atoms with van der Waals surface area (Å²) in [5, 5.41) is 8.22. The van der Waals surface area contributed by atoms with Gasteiger partial charge in [-0.2, -0.15) is 0 Å². The Bertz CT molecular complexity index is 1520. The molecular weight excluding hydrogens is 635 g/mol. The molecule has 3 aromatic rings. The van der Waals surface area contributed by atoms with Crippen molar-refractivity contribution < 1.29 is 19.1 Å². The molecule has 238 valence electrons. The quantitative estimate of drug-likeness (QED) is 0.212. The number of nitrogens with one attached hydrogen (secondary N) is 2. The Labute approximate surface area is 278 Å². The number of hydrogen-bond acceptors (Lipinski definition) is 6. The van der Waals surface area contributed by atoms with Crippen LogP contribution < -0.4 is 25.0 Å². The fraction of sp³-hybridized carbons (Fsp3) is 0.412. The predicted octanol–water partition coefficient (Wildman–Crippen LogP) is 6.16. The van der Waals surface area contributed by atoms with Crippen LogP contribution in [0.4, 0.5) is 5.69 Å². The van der Waals surface area contributed by atoms with E-state index in [1.807, 2.05) is 36.1 Å². The summed E-state index contributed by atoms with van der Waals surface area (Å²) in [6, 6.07) is 16.9. The Hall–Kier alpha value is -3.01. The fourth-order valence-corrected chi connectivity index (χ4v) is 6.46. The van der Waals surface area contributed by atoms with Gasteiger partial charge < -0.3 is 25.0 Å². The van der Waals surface area contributed by atoms with Crippen molar-refractivity contribution in [1.82, 2.24) is 15.5 Å². The van der Waals surface area contributed by atoms with Crippen LogP contribution in [-0.2, 0) is 22.7 Å². The number of aryl methyl sites for hydroxylation is 1. The standard InChI is InChI=1S/C34H37Cl3N4O4/c1-21-14-29(36)33(30(37)15-21)45-13-12-44-27-9-7-26(8-10-27)41-31(18-38-19-32(41)42)34(43)40(25-5-6-25)20-23-16-22(2-11-28(23)35)17-39-24-3-4-24/h2,7-11,14-16,24-25,31,38-39H,3-6,12-13,17-20H2,1H3/t31-/m1/s1. The smallest absolute Gasteiger partial charge is 0.247 e. The minimum absolute atomic E-state index is 0.0819. The number of carbonyl (C=O) groups excluding carboxylic acids is 2. The summed E-state index contributed by atoms with van der Waals surface area (Å²) >= 11 is 19.1. The van der Waals surface area contributed by atoms with E-state index in [2.05, 4.69) is 16.7 Å². The molecule has 2 N–H and O–H groups in total. The topological polar surface area (TPSA) is 83.1 Å². The molecule has 2 amide bonds. The van der Waals surface area contributed by atoms with Crippen molar-refractivity contribution in [1.29, 1.82) is 0 Å². The highest BCUT2D eigenvalue weighted by Gasteiger charge is 2.41. The summed E-state index contributed by atoms with van der Waals surface area (Å²) < 4.78 is 11.6. The molecule has 3 aromatic carbocycles. The van der Waals surface area contributed by atoms with Gasteiger partial charge in [0.15, 0.2) is 5.75 Å². The van der Waals surface area contributed by atoms with Crippen LogP contribution in [-0.4, -0.2) is 61.1 Å². The lowest BCUT2D eigenvalue weighted by molar-refractivity contribution is -0.136. The lowest BCUT2D eigenvalue weighted by Crippen LogP contribution is -2.61. The van der Waals surface area contributed by atoms with Gasteiger partial charge in [0.1, 0.15) is 25.0 Å². The highest BCUT2D eigenvalue weighted by atomic mass is 35.5. The zero-order valence-corrected chi connectivity index (χ0v) is 27.4. The van der Waals surface area contributed by atoms with Crippen LogP contribution in [0.2, 0.25) is 15.1 Å². The van der Waals surface area contributed by atoms with E-state index in [-0.39, 0.29) is 37.6 Å². The molecule has 0 bridgehead atoms. The Morgan fingerprint density at radius 3 is 2.36 bits per heavy atom. The van der Waals surface area contributed by atoms with Crippen LogP contribution in [0.15, 0.2) is 54.6 Å². The molecule has 1 aliphatic heterocycles. The Morgan fingerprint density at radius 2 is 1.67 bits per heavy atom. The summed E-state index contributed by atoms with van der Waals surface area (Å²) in [6.45, 7) is 4.15. The van der Waals surface area contributed by atoms with E-state index in [4.69, 9.17) is 44.3 Å². The van der Waals surface area contributed by atoms with E-state index in [1.165, 1.54) is 12.8 Å². The molecule has 2 saturated carbocycles. The highest BCUT2D eigenvalue weighted by molar-refractivity contribution is 6.37. The molecule has 3 fully saturated rings. The van der Waals surface area contributed by atoms with Gasteiger partial charge in [-0.25, -0.2) is 0 Å². The molecule has 2 aliphatic carbocycles. The summed E-state index contributed by atoms with van der Waals surface area (Å²) in [5.74, 6) is 0.799. The Balaban J connectivity index is 1.10. The Kier molecular flexibility index (Phi) is 10.1. The van der Waals surface area contributed by atoms with E-state index in [0.717, 1.165) is 36.1 Å². The van der Waals surface area contributed by atoms with Gasteiger partial charge in [0.2, 0.25) is 11.8 Å². The van der Waals surface area contributed by atoms with Gasteiger partial charge in [0, 0.05) is 42.4 Å². The second kappa shape index (κ2) is 14.2. The number of rotatable bonds is 13. The van der Waals surface area contributed by atoms with Crippen molar-refractivity contribution in [3.8, 4) is 11.5 Å². The van der Waals surface area contributed by atoms with Crippen molar-refractivity contribution in [3.05, 3.63) is 86.4 Å². The zero-order valence-electron chi connectivity index (χ0n) is 25.2. The first-order valence-electron chi connectivity index (χ1n) is 15.4. The van der Waals surface area contributed by atoms with Gasteiger partial charge in [-0.3, -0.25) is 14.5 Å². The molecule has 45 heavy (non-hydrogen) atoms. The lowest BCUT2D eigenvalue weighted by atomic mass is 10.1. The molecule has 0 radical (unpaired) electrons. The summed E-state index contributed by atoms with van der Waals surface area (Å²) in [4.78, 5) is 30.9. The van der Waals surface area contributed by atoms with E-state index in [0.29, 0.717) is 51.4 Å². The van der Waals surface area contributed by atoms with E-state index < -0.39 is 6.04 Å². The number of hydrogen-bond donors (Lipinski definition) is 2. The van der Waals surface area contributed by atoms with Crippen molar-refractivity contribution in [2.75, 3.05) is 31.2 Å². The number of amides is 2. The fourth-order valence-electron chi connectivity index (χ4n) is 5.58. The molecule has 1 atom stereocenters. The maximum atomic E-state index is 14.1. The third-order valence-corrected chi connectivity index (χ3v) is 9.16. The minimum Gasteiger partial charge on any atom is -0.490 e. The van der Waals surface area contributed by atoms with Crippen molar-refractivity contribution in [2.45, 2.75) is 63.8 Å². The normalized spacial score (nSPS) is 18.2. The molecule has 3 aliphatic rings. The first-order chi connectivity index (χ1) is 21.8. The van der Waals surface area contributed by atoms with Crippen LogP contribution in [0.3, 0.4) is 0 Å². The van der Waals surface area contributed by atoms with Gasteiger partial charge in [0.25, 0.3) is 0 Å². The third kappa shape index (κ3) is 8.05. The first kappa shape index (κ1) is 32.0. The molecule has 0 aromatic heterocycles. The third-order valence-electron chi connectivity index (χ3n) is 8.23. The van der Waals surface area contributed by atoms with E-state index in [1.54, 1.807) is 29.2 Å². The maximum Gasteiger partial charge on any atom is 0.247 e. The van der Waals surface area contributed by atoms with Gasteiger partial charge in [0.05, 0.1) is 16.6 Å². The van der Waals surface area contributed by atoms with Gasteiger partial charge in [-0.1, -0.05) is 46.9 Å². The number of ether oxygens (including phenoxy) is 2. The highest BCUT2D eigenvalue weighted by Crippen LogP contribution is 2.35. The van der Waals surface area contributed by atoms with Crippen LogP contribution in [0.25, 0.3) is 0 Å². The van der Waals surface area contributed by atoms with Crippen LogP contribution in [0, 0.1) is 6.92 Å². The van der Waals surface area contributed by atoms with Gasteiger partial charge in [-0.05, 0) is 91.8 Å². The molecule has 1 heterocycles. The maximum absolute atomic E-state index is 14.1. The van der Waals surface area contributed by atoms with Crippen molar-refractivity contribution in [3.63, 3.8) is 0 Å². The average Bonchev–Trinajstić information content (AvgIpc) is 3.95. The van der Waals surface area contributed by atoms with E-state index in [9.17, 15) is 9.59 Å². The Morgan fingerprint density at radius 1 is 0.956 bits per heavy atom. The van der Waals surface area contributed by atoms with Crippen LogP contribution in [0.1, 0.15) is 42.4 Å². The first-order valence-corrected chi connectivity index (χ1v) is 16.6. The van der Waals surface area contributed by atoms with Crippen molar-refractivity contribution >= 4 is 52.3 Å². The second-order valence-corrected chi connectivity index (χ2v) is 13.2. The number of carbonyl (C=O) groups is 2. The molecule has 6 rings (SSSR count). The lowest BCUT2D eigenvalue weighted by Gasteiger charge is -2.38. The molecule has 11 heteroatoms. The molecular formula is C34H37Cl3N4O4.